The van der Waals surface area contributed by atoms with Gasteiger partial charge in [0.15, 0.2) is 0 Å². The second-order valence-electron chi connectivity index (χ2n) is 6.28. The van der Waals surface area contributed by atoms with Gasteiger partial charge in [0.05, 0.1) is 17.1 Å². The lowest BCUT2D eigenvalue weighted by molar-refractivity contribution is 0.310. The molecule has 4 nitrogen and oxygen atoms in total. The first kappa shape index (κ1) is 14.9. The van der Waals surface area contributed by atoms with Crippen LogP contribution in [0.5, 0.6) is 0 Å². The highest BCUT2D eigenvalue weighted by Gasteiger charge is 2.24. The molecule has 0 amide bonds. The third-order valence-electron chi connectivity index (χ3n) is 4.48. The van der Waals surface area contributed by atoms with Crippen molar-refractivity contribution < 1.29 is 4.39 Å². The first-order chi connectivity index (χ1) is 11.6. The summed E-state index contributed by atoms with van der Waals surface area (Å²) < 4.78 is 15.2. The van der Waals surface area contributed by atoms with Crippen molar-refractivity contribution in [2.75, 3.05) is 19.3 Å². The molecular formula is C19H19FN4. The molecule has 0 atom stereocenters. The number of rotatable bonds is 2. The van der Waals surface area contributed by atoms with Crippen LogP contribution in [0, 0.1) is 5.82 Å². The molecule has 5 heteroatoms. The summed E-state index contributed by atoms with van der Waals surface area (Å²) in [5, 5.41) is 4.85. The predicted octanol–water partition coefficient (Wildman–Crippen LogP) is 3.25. The smallest absolute Gasteiger partial charge is 0.123 e. The lowest BCUT2D eigenvalue weighted by atomic mass is 10.0. The second kappa shape index (κ2) is 5.76. The van der Waals surface area contributed by atoms with Gasteiger partial charge in [0.25, 0.3) is 0 Å². The van der Waals surface area contributed by atoms with Crippen molar-refractivity contribution in [1.29, 1.82) is 0 Å². The number of benzene rings is 2. The maximum atomic E-state index is 13.3. The number of fused-ring (bicyclic) bond motifs is 1. The molecule has 0 fully saturated rings. The Morgan fingerprint density at radius 2 is 1.92 bits per heavy atom. The number of nitrogen functional groups attached to an aromatic ring is 1. The van der Waals surface area contributed by atoms with Crippen LogP contribution in [0.3, 0.4) is 0 Å². The van der Waals surface area contributed by atoms with Crippen molar-refractivity contribution in [1.82, 2.24) is 14.7 Å². The molecule has 1 aromatic heterocycles. The minimum atomic E-state index is -0.240. The van der Waals surface area contributed by atoms with Crippen LogP contribution in [0.25, 0.3) is 16.9 Å². The average Bonchev–Trinajstić information content (AvgIpc) is 2.94. The average molecular weight is 322 g/mol. The molecule has 1 aliphatic rings. The van der Waals surface area contributed by atoms with Gasteiger partial charge in [-0.15, -0.1) is 0 Å². The Morgan fingerprint density at radius 1 is 1.12 bits per heavy atom. The summed E-state index contributed by atoms with van der Waals surface area (Å²) in [5.74, 6) is -0.240. The molecular weight excluding hydrogens is 303 g/mol. The van der Waals surface area contributed by atoms with E-state index in [1.165, 1.54) is 23.4 Å². The molecule has 0 radical (unpaired) electrons. The molecule has 0 saturated heterocycles. The number of anilines is 1. The van der Waals surface area contributed by atoms with Gasteiger partial charge in [0, 0.05) is 36.3 Å². The van der Waals surface area contributed by atoms with Gasteiger partial charge >= 0.3 is 0 Å². The fraction of sp³-hybridized carbons (Fsp3) is 0.211. The monoisotopic (exact) mass is 322 g/mol. The number of hydrogen-bond donors (Lipinski definition) is 1. The number of nitrogens with zero attached hydrogens (tertiary/aromatic N) is 3. The zero-order valence-corrected chi connectivity index (χ0v) is 13.5. The highest BCUT2D eigenvalue weighted by Crippen LogP contribution is 2.32. The summed E-state index contributed by atoms with van der Waals surface area (Å²) in [5.41, 5.74) is 11.9. The van der Waals surface area contributed by atoms with E-state index < -0.39 is 0 Å². The van der Waals surface area contributed by atoms with Crippen molar-refractivity contribution >= 4 is 5.69 Å². The predicted molar refractivity (Wildman–Crippen MR) is 93.4 cm³/mol. The normalized spacial score (nSPS) is 14.6. The summed E-state index contributed by atoms with van der Waals surface area (Å²) in [7, 11) is 2.11. The standard InChI is InChI=1S/C19H19FN4/c1-23-10-9-18-17(12-23)19(13-3-2-4-15(21)11-13)22-24(18)16-7-5-14(20)6-8-16/h2-8,11H,9-10,12,21H2,1H3. The Hall–Kier alpha value is -2.66. The SMILES string of the molecule is CN1CCc2c(c(-c3cccc(N)c3)nn2-c2ccc(F)cc2)C1. The van der Waals surface area contributed by atoms with E-state index in [2.05, 4.69) is 11.9 Å². The maximum Gasteiger partial charge on any atom is 0.123 e. The van der Waals surface area contributed by atoms with Gasteiger partial charge in [0.1, 0.15) is 5.82 Å². The maximum absolute atomic E-state index is 13.3. The fourth-order valence-electron chi connectivity index (χ4n) is 3.27. The van der Waals surface area contributed by atoms with E-state index in [0.29, 0.717) is 0 Å². The Morgan fingerprint density at radius 3 is 2.67 bits per heavy atom. The third-order valence-corrected chi connectivity index (χ3v) is 4.48. The van der Waals surface area contributed by atoms with Crippen LogP contribution < -0.4 is 5.73 Å². The van der Waals surface area contributed by atoms with E-state index in [1.807, 2.05) is 28.9 Å². The lowest BCUT2D eigenvalue weighted by Gasteiger charge is -2.23. The Kier molecular flexibility index (Phi) is 3.58. The van der Waals surface area contributed by atoms with E-state index in [0.717, 1.165) is 42.1 Å². The van der Waals surface area contributed by atoms with Crippen LogP contribution in [0.1, 0.15) is 11.3 Å². The Labute approximate surface area is 140 Å². The quantitative estimate of drug-likeness (QED) is 0.737. The highest BCUT2D eigenvalue weighted by molar-refractivity contribution is 5.68. The zero-order chi connectivity index (χ0) is 16.7. The molecule has 0 saturated carbocycles. The van der Waals surface area contributed by atoms with Crippen molar-refractivity contribution in [3.05, 3.63) is 65.6 Å². The van der Waals surface area contributed by atoms with Gasteiger partial charge in [0.2, 0.25) is 0 Å². The molecule has 0 bridgehead atoms. The van der Waals surface area contributed by atoms with Crippen LogP contribution in [0.2, 0.25) is 0 Å². The van der Waals surface area contributed by atoms with Crippen LogP contribution in [-0.4, -0.2) is 28.3 Å². The zero-order valence-electron chi connectivity index (χ0n) is 13.5. The molecule has 0 unspecified atom stereocenters. The van der Waals surface area contributed by atoms with Crippen LogP contribution in [-0.2, 0) is 13.0 Å². The molecule has 2 aromatic carbocycles. The number of aromatic nitrogens is 2. The van der Waals surface area contributed by atoms with Crippen molar-refractivity contribution in [3.8, 4) is 16.9 Å². The first-order valence-electron chi connectivity index (χ1n) is 8.03. The lowest BCUT2D eigenvalue weighted by Crippen LogP contribution is -2.27. The van der Waals surface area contributed by atoms with Crippen molar-refractivity contribution in [2.24, 2.45) is 0 Å². The molecule has 3 aromatic rings. The van der Waals surface area contributed by atoms with Gasteiger partial charge in [-0.3, -0.25) is 0 Å². The highest BCUT2D eigenvalue weighted by atomic mass is 19.1. The summed E-state index contributed by atoms with van der Waals surface area (Å²) in [6, 6.07) is 14.3. The molecule has 0 aliphatic carbocycles. The van der Waals surface area contributed by atoms with Gasteiger partial charge < -0.3 is 10.6 Å². The summed E-state index contributed by atoms with van der Waals surface area (Å²) in [6.07, 6.45) is 0.915. The number of nitrogens with two attached hydrogens (primary N) is 1. The second-order valence-corrected chi connectivity index (χ2v) is 6.28. The molecule has 24 heavy (non-hydrogen) atoms. The van der Waals surface area contributed by atoms with E-state index in [9.17, 15) is 4.39 Å². The molecule has 2 N–H and O–H groups in total. The van der Waals surface area contributed by atoms with Gasteiger partial charge in [-0.1, -0.05) is 12.1 Å². The third kappa shape index (κ3) is 2.57. The number of halogens is 1. The van der Waals surface area contributed by atoms with Crippen LogP contribution in [0.4, 0.5) is 10.1 Å². The van der Waals surface area contributed by atoms with Crippen molar-refractivity contribution in [3.63, 3.8) is 0 Å². The minimum Gasteiger partial charge on any atom is -0.399 e. The Balaban J connectivity index is 1.90. The van der Waals surface area contributed by atoms with Crippen LogP contribution in [0.15, 0.2) is 48.5 Å². The summed E-state index contributed by atoms with van der Waals surface area (Å²) in [4.78, 5) is 2.29. The van der Waals surface area contributed by atoms with Crippen LogP contribution >= 0.6 is 0 Å². The van der Waals surface area contributed by atoms with Gasteiger partial charge in [-0.05, 0) is 43.4 Å². The molecule has 4 rings (SSSR count). The van der Waals surface area contributed by atoms with E-state index >= 15 is 0 Å². The van der Waals surface area contributed by atoms with Gasteiger partial charge in [-0.25, -0.2) is 9.07 Å². The number of hydrogen-bond acceptors (Lipinski definition) is 3. The molecule has 0 spiro atoms. The minimum absolute atomic E-state index is 0.240. The summed E-state index contributed by atoms with van der Waals surface area (Å²) >= 11 is 0. The Bertz CT molecular complexity index is 883. The van der Waals surface area contributed by atoms with Crippen molar-refractivity contribution in [2.45, 2.75) is 13.0 Å². The topological polar surface area (TPSA) is 47.1 Å². The van der Waals surface area contributed by atoms with Gasteiger partial charge in [-0.2, -0.15) is 5.10 Å². The van der Waals surface area contributed by atoms with E-state index in [1.54, 1.807) is 12.1 Å². The molecule has 2 heterocycles. The largest absolute Gasteiger partial charge is 0.399 e. The summed E-state index contributed by atoms with van der Waals surface area (Å²) in [6.45, 7) is 1.83. The first-order valence-corrected chi connectivity index (χ1v) is 8.03. The molecule has 1 aliphatic heterocycles. The van der Waals surface area contributed by atoms with E-state index in [4.69, 9.17) is 10.8 Å². The molecule has 122 valence electrons. The number of likely N-dealkylation sites (N-methyl/N-ethyl adjacent to an activating group) is 1. The fourth-order valence-corrected chi connectivity index (χ4v) is 3.27. The van der Waals surface area contributed by atoms with E-state index in [-0.39, 0.29) is 5.82 Å².